The molecular weight excluding hydrogens is 324 g/mol. The molecular formula is C17H22N4O4. The first kappa shape index (κ1) is 18.4. The Morgan fingerprint density at radius 3 is 2.36 bits per heavy atom. The molecule has 2 rings (SSSR count). The second-order valence-electron chi connectivity index (χ2n) is 6.09. The predicted octanol–water partition coefficient (Wildman–Crippen LogP) is 2.87. The molecule has 0 aliphatic heterocycles. The summed E-state index contributed by atoms with van der Waals surface area (Å²) in [6.45, 7) is 9.03. The summed E-state index contributed by atoms with van der Waals surface area (Å²) in [6.07, 6.45) is -0.777. The summed E-state index contributed by atoms with van der Waals surface area (Å²) in [5.74, 6) is 0.223. The number of hydrogen-bond donors (Lipinski definition) is 2. The van der Waals surface area contributed by atoms with Crippen molar-refractivity contribution in [3.05, 3.63) is 29.3 Å². The molecule has 0 aliphatic rings. The van der Waals surface area contributed by atoms with Crippen LogP contribution in [0.3, 0.4) is 0 Å². The summed E-state index contributed by atoms with van der Waals surface area (Å²) in [5.41, 5.74) is 2.06. The van der Waals surface area contributed by atoms with Crippen LogP contribution in [-0.2, 0) is 9.59 Å². The van der Waals surface area contributed by atoms with Gasteiger partial charge >= 0.3 is 0 Å². The highest BCUT2D eigenvalue weighted by atomic mass is 16.6. The minimum Gasteiger partial charge on any atom is -0.481 e. The fraction of sp³-hybridized carbons (Fsp3) is 0.412. The average molecular weight is 346 g/mol. The van der Waals surface area contributed by atoms with Crippen molar-refractivity contribution < 1.29 is 19.0 Å². The molecule has 0 spiro atoms. The van der Waals surface area contributed by atoms with Crippen molar-refractivity contribution in [3.8, 4) is 5.75 Å². The normalized spacial score (nSPS) is 11.9. The summed E-state index contributed by atoms with van der Waals surface area (Å²) in [6, 6.07) is 5.91. The number of nitrogens with zero attached hydrogens (tertiary/aromatic N) is 2. The van der Waals surface area contributed by atoms with Gasteiger partial charge in [0, 0.05) is 6.92 Å². The van der Waals surface area contributed by atoms with Gasteiger partial charge in [-0.25, -0.2) is 4.63 Å². The van der Waals surface area contributed by atoms with E-state index in [0.717, 1.165) is 11.1 Å². The topological polar surface area (TPSA) is 106 Å². The minimum atomic E-state index is -0.777. The molecule has 2 amide bonds. The second kappa shape index (κ2) is 7.78. The van der Waals surface area contributed by atoms with E-state index in [1.165, 1.54) is 6.92 Å². The van der Waals surface area contributed by atoms with Crippen LogP contribution in [0, 0.1) is 6.92 Å². The quantitative estimate of drug-likeness (QED) is 0.833. The lowest BCUT2D eigenvalue weighted by Gasteiger charge is -2.19. The van der Waals surface area contributed by atoms with E-state index in [-0.39, 0.29) is 23.5 Å². The van der Waals surface area contributed by atoms with Gasteiger partial charge in [0.2, 0.25) is 17.5 Å². The number of rotatable bonds is 6. The number of anilines is 2. The zero-order valence-corrected chi connectivity index (χ0v) is 14.9. The maximum Gasteiger partial charge on any atom is 0.266 e. The van der Waals surface area contributed by atoms with Crippen LogP contribution >= 0.6 is 0 Å². The molecule has 134 valence electrons. The molecule has 8 heteroatoms. The van der Waals surface area contributed by atoms with Crippen molar-refractivity contribution in [2.75, 3.05) is 10.6 Å². The van der Waals surface area contributed by atoms with Crippen LogP contribution in [0.1, 0.15) is 44.7 Å². The summed E-state index contributed by atoms with van der Waals surface area (Å²) in [4.78, 5) is 23.5. The molecule has 0 saturated heterocycles. The lowest BCUT2D eigenvalue weighted by atomic mass is 10.0. The van der Waals surface area contributed by atoms with Crippen molar-refractivity contribution in [1.29, 1.82) is 0 Å². The van der Waals surface area contributed by atoms with Crippen LogP contribution in [0.5, 0.6) is 5.75 Å². The van der Waals surface area contributed by atoms with Gasteiger partial charge in [-0.3, -0.25) is 9.59 Å². The lowest BCUT2D eigenvalue weighted by molar-refractivity contribution is -0.122. The van der Waals surface area contributed by atoms with E-state index in [9.17, 15) is 9.59 Å². The van der Waals surface area contributed by atoms with Crippen LogP contribution < -0.4 is 15.4 Å². The number of benzene rings is 1. The molecule has 1 aromatic heterocycles. The van der Waals surface area contributed by atoms with Gasteiger partial charge in [0.25, 0.3) is 5.91 Å². The van der Waals surface area contributed by atoms with E-state index < -0.39 is 12.0 Å². The molecule has 1 atom stereocenters. The van der Waals surface area contributed by atoms with Gasteiger partial charge in [-0.05, 0) is 47.3 Å². The molecule has 2 aromatic rings. The van der Waals surface area contributed by atoms with Gasteiger partial charge in [0.05, 0.1) is 0 Å². The third kappa shape index (κ3) is 4.79. The molecule has 8 nitrogen and oxygen atoms in total. The number of carbonyl (C=O) groups excluding carboxylic acids is 2. The van der Waals surface area contributed by atoms with Crippen molar-refractivity contribution in [2.45, 2.75) is 46.6 Å². The van der Waals surface area contributed by atoms with Gasteiger partial charge in [-0.15, -0.1) is 0 Å². The molecule has 1 unspecified atom stereocenters. The zero-order chi connectivity index (χ0) is 18.6. The predicted molar refractivity (Wildman–Crippen MR) is 92.6 cm³/mol. The van der Waals surface area contributed by atoms with E-state index >= 15 is 0 Å². The molecule has 0 fully saturated rings. The number of aromatic nitrogens is 2. The van der Waals surface area contributed by atoms with Gasteiger partial charge in [-0.1, -0.05) is 26.0 Å². The Kier molecular flexibility index (Phi) is 5.74. The maximum atomic E-state index is 12.4. The van der Waals surface area contributed by atoms with Gasteiger partial charge < -0.3 is 15.4 Å². The number of ether oxygens (including phenoxy) is 1. The minimum absolute atomic E-state index is 0.0315. The summed E-state index contributed by atoms with van der Waals surface area (Å²) in [5, 5.41) is 12.0. The van der Waals surface area contributed by atoms with E-state index in [1.807, 2.05) is 25.1 Å². The van der Waals surface area contributed by atoms with Crippen LogP contribution in [0.25, 0.3) is 0 Å². The molecule has 1 heterocycles. The Morgan fingerprint density at radius 1 is 1.12 bits per heavy atom. The number of carbonyl (C=O) groups is 2. The summed E-state index contributed by atoms with van der Waals surface area (Å²) in [7, 11) is 0. The number of aryl methyl sites for hydroxylation is 1. The molecule has 0 saturated carbocycles. The molecule has 0 bridgehead atoms. The van der Waals surface area contributed by atoms with Crippen molar-refractivity contribution in [1.82, 2.24) is 10.3 Å². The van der Waals surface area contributed by atoms with Crippen molar-refractivity contribution >= 4 is 23.5 Å². The largest absolute Gasteiger partial charge is 0.481 e. The Balaban J connectivity index is 2.10. The highest BCUT2D eigenvalue weighted by Crippen LogP contribution is 2.28. The smallest absolute Gasteiger partial charge is 0.266 e. The van der Waals surface area contributed by atoms with Gasteiger partial charge in [0.15, 0.2) is 6.10 Å². The fourth-order valence-electron chi connectivity index (χ4n) is 2.20. The summed E-state index contributed by atoms with van der Waals surface area (Å²) >= 11 is 0. The second-order valence-corrected chi connectivity index (χ2v) is 6.09. The molecule has 2 N–H and O–H groups in total. The first-order valence-corrected chi connectivity index (χ1v) is 7.96. The Bertz CT molecular complexity index is 770. The van der Waals surface area contributed by atoms with Crippen molar-refractivity contribution in [2.24, 2.45) is 0 Å². The zero-order valence-electron chi connectivity index (χ0n) is 14.9. The van der Waals surface area contributed by atoms with Crippen LogP contribution in [0.2, 0.25) is 0 Å². The van der Waals surface area contributed by atoms with E-state index in [4.69, 9.17) is 4.74 Å². The number of nitrogens with one attached hydrogen (secondary N) is 2. The third-order valence-corrected chi connectivity index (χ3v) is 3.49. The third-order valence-electron chi connectivity index (χ3n) is 3.49. The molecule has 1 aromatic carbocycles. The van der Waals surface area contributed by atoms with Gasteiger partial charge in [-0.2, -0.15) is 0 Å². The van der Waals surface area contributed by atoms with Gasteiger partial charge in [0.1, 0.15) is 5.75 Å². The van der Waals surface area contributed by atoms with E-state index in [1.54, 1.807) is 6.92 Å². The Hall–Kier alpha value is -2.90. The number of amides is 2. The van der Waals surface area contributed by atoms with Crippen molar-refractivity contribution in [3.63, 3.8) is 0 Å². The highest BCUT2D eigenvalue weighted by Gasteiger charge is 2.21. The number of hydrogen-bond acceptors (Lipinski definition) is 6. The van der Waals surface area contributed by atoms with Crippen LogP contribution in [0.15, 0.2) is 22.8 Å². The highest BCUT2D eigenvalue weighted by molar-refractivity contribution is 5.98. The molecule has 25 heavy (non-hydrogen) atoms. The SMILES string of the molecule is CC(=O)Nc1nonc1NC(=O)C(C)Oc1cc(C)ccc1C(C)C. The van der Waals surface area contributed by atoms with E-state index in [2.05, 4.69) is 39.4 Å². The van der Waals surface area contributed by atoms with Crippen LogP contribution in [0.4, 0.5) is 11.6 Å². The Labute approximate surface area is 145 Å². The Morgan fingerprint density at radius 2 is 1.76 bits per heavy atom. The first-order chi connectivity index (χ1) is 11.8. The first-order valence-electron chi connectivity index (χ1n) is 7.96. The average Bonchev–Trinajstić information content (AvgIpc) is 2.93. The molecule has 0 aliphatic carbocycles. The fourth-order valence-corrected chi connectivity index (χ4v) is 2.20. The summed E-state index contributed by atoms with van der Waals surface area (Å²) < 4.78 is 10.4. The maximum absolute atomic E-state index is 12.4. The standard InChI is InChI=1S/C17H22N4O4/c1-9(2)13-7-6-10(3)8-14(13)24-11(4)17(23)19-16-15(18-12(5)22)20-25-21-16/h6-9,11H,1-5H3,(H,18,20,22)(H,19,21,23). The monoisotopic (exact) mass is 346 g/mol. The lowest BCUT2D eigenvalue weighted by Crippen LogP contribution is -2.31. The van der Waals surface area contributed by atoms with Crippen LogP contribution in [-0.4, -0.2) is 28.2 Å². The molecule has 0 radical (unpaired) electrons. The van der Waals surface area contributed by atoms with E-state index in [0.29, 0.717) is 5.75 Å².